The molecule has 174 valence electrons. The topological polar surface area (TPSA) is 114 Å². The number of fused-ring (bicyclic) bond motifs is 3. The zero-order valence-corrected chi connectivity index (χ0v) is 18.5. The third-order valence-electron chi connectivity index (χ3n) is 6.32. The van der Waals surface area contributed by atoms with Crippen LogP contribution in [0.25, 0.3) is 11.1 Å². The summed E-state index contributed by atoms with van der Waals surface area (Å²) in [7, 11) is 1.55. The van der Waals surface area contributed by atoms with Crippen molar-refractivity contribution in [3.8, 4) is 11.1 Å². The van der Waals surface area contributed by atoms with Gasteiger partial charge in [-0.05, 0) is 47.9 Å². The molecule has 1 unspecified atom stereocenters. The van der Waals surface area contributed by atoms with Crippen molar-refractivity contribution in [2.75, 3.05) is 20.3 Å². The molecule has 2 aliphatic rings. The van der Waals surface area contributed by atoms with Gasteiger partial charge in [-0.3, -0.25) is 4.79 Å². The molecule has 8 nitrogen and oxygen atoms in total. The summed E-state index contributed by atoms with van der Waals surface area (Å²) in [5.41, 5.74) is 3.22. The van der Waals surface area contributed by atoms with Crippen molar-refractivity contribution in [1.29, 1.82) is 0 Å². The maximum absolute atomic E-state index is 12.7. The number of rotatable bonds is 10. The number of hydrogen-bond acceptors (Lipinski definition) is 5. The van der Waals surface area contributed by atoms with Gasteiger partial charge in [-0.15, -0.1) is 0 Å². The van der Waals surface area contributed by atoms with Crippen LogP contribution in [0.1, 0.15) is 42.7 Å². The van der Waals surface area contributed by atoms with Crippen LogP contribution in [0.4, 0.5) is 4.79 Å². The fourth-order valence-electron chi connectivity index (χ4n) is 4.32. The van der Waals surface area contributed by atoms with Crippen molar-refractivity contribution in [3.05, 3.63) is 59.7 Å². The fraction of sp³-hybridized carbons (Fsp3) is 0.400. The molecule has 8 heteroatoms. The normalized spacial score (nSPS) is 16.3. The van der Waals surface area contributed by atoms with Gasteiger partial charge >= 0.3 is 12.1 Å². The highest BCUT2D eigenvalue weighted by atomic mass is 16.5. The van der Waals surface area contributed by atoms with Gasteiger partial charge in [0.05, 0.1) is 0 Å². The third kappa shape index (κ3) is 4.85. The first kappa shape index (κ1) is 22.8. The summed E-state index contributed by atoms with van der Waals surface area (Å²) in [4.78, 5) is 36.8. The Kier molecular flexibility index (Phi) is 6.65. The van der Waals surface area contributed by atoms with Crippen molar-refractivity contribution in [1.82, 2.24) is 10.6 Å². The van der Waals surface area contributed by atoms with E-state index < -0.39 is 29.6 Å². The minimum Gasteiger partial charge on any atom is -0.480 e. The number of ether oxygens (including phenoxy) is 2. The lowest BCUT2D eigenvalue weighted by Gasteiger charge is -2.21. The Hall–Kier alpha value is -3.39. The van der Waals surface area contributed by atoms with Crippen LogP contribution in [0, 0.1) is 0 Å². The van der Waals surface area contributed by atoms with Gasteiger partial charge in [-0.1, -0.05) is 48.5 Å². The average Bonchev–Trinajstić information content (AvgIpc) is 3.53. The molecule has 2 aromatic rings. The van der Waals surface area contributed by atoms with Crippen molar-refractivity contribution < 1.29 is 29.0 Å². The second-order valence-corrected chi connectivity index (χ2v) is 8.53. The van der Waals surface area contributed by atoms with Crippen LogP contribution in [0.5, 0.6) is 0 Å². The molecule has 0 aliphatic heterocycles. The first-order valence-electron chi connectivity index (χ1n) is 11.1. The lowest BCUT2D eigenvalue weighted by atomic mass is 9.98. The Morgan fingerprint density at radius 1 is 1.06 bits per heavy atom. The van der Waals surface area contributed by atoms with Crippen LogP contribution >= 0.6 is 0 Å². The first-order valence-corrected chi connectivity index (χ1v) is 11.1. The summed E-state index contributed by atoms with van der Waals surface area (Å²) in [5.74, 6) is -1.68. The Morgan fingerprint density at radius 2 is 1.67 bits per heavy atom. The molecule has 2 amide bonds. The fourth-order valence-corrected chi connectivity index (χ4v) is 4.32. The van der Waals surface area contributed by atoms with Gasteiger partial charge < -0.3 is 25.2 Å². The van der Waals surface area contributed by atoms with E-state index in [1.54, 1.807) is 7.11 Å². The van der Waals surface area contributed by atoms with E-state index in [4.69, 9.17) is 9.47 Å². The molecule has 4 rings (SSSR count). The van der Waals surface area contributed by atoms with E-state index in [1.807, 2.05) is 36.4 Å². The van der Waals surface area contributed by atoms with Crippen molar-refractivity contribution in [2.45, 2.75) is 43.2 Å². The van der Waals surface area contributed by atoms with Gasteiger partial charge in [0.2, 0.25) is 5.91 Å². The number of hydrogen-bond donors (Lipinski definition) is 3. The van der Waals surface area contributed by atoms with Gasteiger partial charge in [0.25, 0.3) is 0 Å². The molecule has 1 fully saturated rings. The number of methoxy groups -OCH3 is 1. The number of alkyl carbamates (subject to hydrolysis) is 1. The summed E-state index contributed by atoms with van der Waals surface area (Å²) in [5, 5.41) is 14.5. The van der Waals surface area contributed by atoms with Gasteiger partial charge in [-0.25, -0.2) is 9.59 Å². The highest BCUT2D eigenvalue weighted by Crippen LogP contribution is 2.44. The maximum Gasteiger partial charge on any atom is 0.407 e. The second-order valence-electron chi connectivity index (χ2n) is 8.53. The number of carbonyl (C=O) groups is 3. The van der Waals surface area contributed by atoms with E-state index in [0.717, 1.165) is 22.3 Å². The quantitative estimate of drug-likeness (QED) is 0.478. The molecule has 1 saturated carbocycles. The predicted molar refractivity (Wildman–Crippen MR) is 121 cm³/mol. The van der Waals surface area contributed by atoms with Crippen LogP contribution < -0.4 is 10.6 Å². The summed E-state index contributed by atoms with van der Waals surface area (Å²) < 4.78 is 10.6. The van der Waals surface area contributed by atoms with Gasteiger partial charge in [0.15, 0.2) is 0 Å². The maximum atomic E-state index is 12.7. The molecule has 3 N–H and O–H groups in total. The number of carboxylic acid groups (broad SMARTS) is 1. The largest absolute Gasteiger partial charge is 0.480 e. The number of amides is 2. The molecular weight excluding hydrogens is 424 g/mol. The van der Waals surface area contributed by atoms with E-state index in [9.17, 15) is 19.5 Å². The zero-order valence-electron chi connectivity index (χ0n) is 18.5. The van der Waals surface area contributed by atoms with E-state index in [-0.39, 0.29) is 12.5 Å². The standard InChI is InChI=1S/C25H28N2O6/c1-32-14-6-11-21(22(28)27-25(12-13-25)23(29)30)26-24(31)33-15-20-18-9-4-2-7-16(18)17-8-3-5-10-19(17)20/h2-5,7-10,20-21H,6,11-15H2,1H3,(H,26,31)(H,27,28)(H,29,30). The van der Waals surface area contributed by atoms with Crippen molar-refractivity contribution in [3.63, 3.8) is 0 Å². The summed E-state index contributed by atoms with van der Waals surface area (Å²) >= 11 is 0. The van der Waals surface area contributed by atoms with Crippen LogP contribution in [0.3, 0.4) is 0 Å². The minimum absolute atomic E-state index is 0.0920. The molecule has 2 aliphatic carbocycles. The van der Waals surface area contributed by atoms with Crippen LogP contribution in [-0.2, 0) is 19.1 Å². The van der Waals surface area contributed by atoms with E-state index in [0.29, 0.717) is 32.3 Å². The van der Waals surface area contributed by atoms with Crippen LogP contribution in [0.2, 0.25) is 0 Å². The minimum atomic E-state index is -1.22. The second kappa shape index (κ2) is 9.62. The number of nitrogens with one attached hydrogen (secondary N) is 2. The number of carbonyl (C=O) groups excluding carboxylic acids is 2. The van der Waals surface area contributed by atoms with E-state index in [1.165, 1.54) is 0 Å². The number of aliphatic carboxylic acids is 1. The van der Waals surface area contributed by atoms with E-state index >= 15 is 0 Å². The molecular formula is C25H28N2O6. The van der Waals surface area contributed by atoms with Crippen LogP contribution in [-0.4, -0.2) is 55.0 Å². The Bertz CT molecular complexity index is 1000. The number of carboxylic acids is 1. The molecule has 0 bridgehead atoms. The molecule has 0 radical (unpaired) electrons. The molecule has 0 spiro atoms. The molecule has 0 heterocycles. The molecule has 0 saturated heterocycles. The number of benzene rings is 2. The SMILES string of the molecule is COCCCC(NC(=O)OCC1c2ccccc2-c2ccccc21)C(=O)NC1(C(=O)O)CC1. The van der Waals surface area contributed by atoms with Crippen molar-refractivity contribution in [2.24, 2.45) is 0 Å². The van der Waals surface area contributed by atoms with Gasteiger partial charge in [0, 0.05) is 19.6 Å². The molecule has 1 atom stereocenters. The van der Waals surface area contributed by atoms with Crippen LogP contribution in [0.15, 0.2) is 48.5 Å². The third-order valence-corrected chi connectivity index (χ3v) is 6.32. The lowest BCUT2D eigenvalue weighted by molar-refractivity contribution is -0.143. The van der Waals surface area contributed by atoms with E-state index in [2.05, 4.69) is 22.8 Å². The molecule has 2 aromatic carbocycles. The Labute approximate surface area is 192 Å². The lowest BCUT2D eigenvalue weighted by Crippen LogP contribution is -2.53. The molecule has 0 aromatic heterocycles. The zero-order chi connectivity index (χ0) is 23.4. The smallest absolute Gasteiger partial charge is 0.407 e. The molecule has 33 heavy (non-hydrogen) atoms. The summed E-state index contributed by atoms with van der Waals surface area (Å²) in [6.45, 7) is 0.547. The predicted octanol–water partition coefficient (Wildman–Crippen LogP) is 3.05. The van der Waals surface area contributed by atoms with Crippen molar-refractivity contribution >= 4 is 18.0 Å². The summed E-state index contributed by atoms with van der Waals surface area (Å²) in [6.07, 6.45) is 0.875. The first-order chi connectivity index (χ1) is 15.9. The monoisotopic (exact) mass is 452 g/mol. The van der Waals surface area contributed by atoms with Gasteiger partial charge in [0.1, 0.15) is 18.2 Å². The Balaban J connectivity index is 1.40. The Morgan fingerprint density at radius 3 is 2.21 bits per heavy atom. The van der Waals surface area contributed by atoms with Gasteiger partial charge in [-0.2, -0.15) is 0 Å². The summed E-state index contributed by atoms with van der Waals surface area (Å²) in [6, 6.07) is 15.2. The highest BCUT2D eigenvalue weighted by Gasteiger charge is 2.52. The highest BCUT2D eigenvalue weighted by molar-refractivity contribution is 5.93. The average molecular weight is 453 g/mol.